The summed E-state index contributed by atoms with van der Waals surface area (Å²) in [5, 5.41) is 10.2. The average Bonchev–Trinajstić information content (AvgIpc) is 3.22. The van der Waals surface area contributed by atoms with Crippen LogP contribution in [-0.2, 0) is 19.4 Å². The summed E-state index contributed by atoms with van der Waals surface area (Å²) in [5.74, 6) is 0.572. The van der Waals surface area contributed by atoms with Crippen LogP contribution < -0.4 is 16.0 Å². The van der Waals surface area contributed by atoms with Crippen LogP contribution in [0.3, 0.4) is 0 Å². The molecule has 0 unspecified atom stereocenters. The Morgan fingerprint density at radius 3 is 2.72 bits per heavy atom. The van der Waals surface area contributed by atoms with Gasteiger partial charge >= 0.3 is 5.69 Å². The first kappa shape index (κ1) is 20.3. The smallest absolute Gasteiger partial charge is 0.337 e. The Hall–Kier alpha value is -3.63. The van der Waals surface area contributed by atoms with Crippen molar-refractivity contribution in [2.45, 2.75) is 32.2 Å². The molecule has 0 radical (unpaired) electrons. The third kappa shape index (κ3) is 3.24. The SMILES string of the molecule is COc1cccc(-n2c(=O)c3c4c(sc3n(Cc3ccccc3C#N)c2=O)CCCC4)c1. The number of rotatable bonds is 4. The summed E-state index contributed by atoms with van der Waals surface area (Å²) in [7, 11) is 1.55. The summed E-state index contributed by atoms with van der Waals surface area (Å²) in [6, 6.07) is 16.5. The van der Waals surface area contributed by atoms with E-state index in [1.807, 2.05) is 12.1 Å². The minimum Gasteiger partial charge on any atom is -0.497 e. The molecule has 0 amide bonds. The van der Waals surface area contributed by atoms with Gasteiger partial charge in [0.05, 0.1) is 36.4 Å². The molecule has 2 aromatic heterocycles. The van der Waals surface area contributed by atoms with Gasteiger partial charge in [-0.25, -0.2) is 9.36 Å². The van der Waals surface area contributed by atoms with Crippen LogP contribution in [0.4, 0.5) is 0 Å². The van der Waals surface area contributed by atoms with Crippen molar-refractivity contribution in [1.29, 1.82) is 5.26 Å². The van der Waals surface area contributed by atoms with E-state index in [9.17, 15) is 14.9 Å². The lowest BCUT2D eigenvalue weighted by Gasteiger charge is -2.14. The quantitative estimate of drug-likeness (QED) is 0.477. The second kappa shape index (κ2) is 8.13. The molecular weight excluding hydrogens is 422 g/mol. The Morgan fingerprint density at radius 1 is 1.09 bits per heavy atom. The molecule has 2 aromatic carbocycles. The first-order valence-corrected chi connectivity index (χ1v) is 11.4. The number of aryl methyl sites for hydroxylation is 2. The van der Waals surface area contributed by atoms with Gasteiger partial charge in [0.25, 0.3) is 5.56 Å². The maximum atomic E-state index is 13.7. The zero-order valence-electron chi connectivity index (χ0n) is 17.6. The number of nitrogens with zero attached hydrogens (tertiary/aromatic N) is 3. The van der Waals surface area contributed by atoms with Gasteiger partial charge in [-0.1, -0.05) is 24.3 Å². The van der Waals surface area contributed by atoms with Gasteiger partial charge < -0.3 is 4.74 Å². The van der Waals surface area contributed by atoms with Gasteiger partial charge in [0.15, 0.2) is 0 Å². The molecule has 1 aliphatic rings. The first-order valence-electron chi connectivity index (χ1n) is 10.5. The van der Waals surface area contributed by atoms with Crippen molar-refractivity contribution < 1.29 is 4.74 Å². The van der Waals surface area contributed by atoms with E-state index in [1.165, 1.54) is 9.44 Å². The van der Waals surface area contributed by atoms with E-state index < -0.39 is 5.69 Å². The lowest BCUT2D eigenvalue weighted by atomic mass is 9.97. The second-order valence-corrected chi connectivity index (χ2v) is 8.95. The second-order valence-electron chi connectivity index (χ2n) is 7.87. The molecule has 0 atom stereocenters. The van der Waals surface area contributed by atoms with Crippen molar-refractivity contribution in [3.05, 3.63) is 90.9 Å². The first-order chi connectivity index (χ1) is 15.6. The average molecular weight is 444 g/mol. The number of hydrogen-bond donors (Lipinski definition) is 0. The van der Waals surface area contributed by atoms with Gasteiger partial charge in [0.2, 0.25) is 0 Å². The molecule has 6 nitrogen and oxygen atoms in total. The molecule has 0 aliphatic heterocycles. The fourth-order valence-electron chi connectivity index (χ4n) is 4.42. The van der Waals surface area contributed by atoms with Crippen LogP contribution in [-0.4, -0.2) is 16.2 Å². The summed E-state index contributed by atoms with van der Waals surface area (Å²) >= 11 is 1.54. The largest absolute Gasteiger partial charge is 0.497 e. The van der Waals surface area contributed by atoms with Gasteiger partial charge in [0.1, 0.15) is 10.6 Å². The summed E-state index contributed by atoms with van der Waals surface area (Å²) in [5.41, 5.74) is 2.11. The van der Waals surface area contributed by atoms with E-state index in [4.69, 9.17) is 4.74 Å². The van der Waals surface area contributed by atoms with Gasteiger partial charge in [-0.2, -0.15) is 5.26 Å². The Morgan fingerprint density at radius 2 is 1.91 bits per heavy atom. The van der Waals surface area contributed by atoms with Crippen molar-refractivity contribution in [3.8, 4) is 17.5 Å². The highest BCUT2D eigenvalue weighted by atomic mass is 32.1. The molecule has 1 aliphatic carbocycles. The predicted molar refractivity (Wildman–Crippen MR) is 125 cm³/mol. The number of aromatic nitrogens is 2. The van der Waals surface area contributed by atoms with Gasteiger partial charge in [-0.3, -0.25) is 9.36 Å². The molecular formula is C25H21N3O3S. The molecule has 32 heavy (non-hydrogen) atoms. The molecule has 0 saturated carbocycles. The normalized spacial score (nSPS) is 13.0. The predicted octanol–water partition coefficient (Wildman–Crippen LogP) is 4.02. The molecule has 0 fully saturated rings. The van der Waals surface area contributed by atoms with Crippen LogP contribution >= 0.6 is 11.3 Å². The fourth-order valence-corrected chi connectivity index (χ4v) is 5.80. The van der Waals surface area contributed by atoms with Gasteiger partial charge in [0, 0.05) is 10.9 Å². The molecule has 0 N–H and O–H groups in total. The zero-order valence-corrected chi connectivity index (χ0v) is 18.4. The van der Waals surface area contributed by atoms with E-state index in [-0.39, 0.29) is 12.1 Å². The number of benzene rings is 2. The maximum absolute atomic E-state index is 13.7. The van der Waals surface area contributed by atoms with Crippen LogP contribution in [0.5, 0.6) is 5.75 Å². The Kier molecular flexibility index (Phi) is 5.16. The number of ether oxygens (including phenoxy) is 1. The minimum absolute atomic E-state index is 0.225. The van der Waals surface area contributed by atoms with Crippen LogP contribution in [0.15, 0.2) is 58.1 Å². The van der Waals surface area contributed by atoms with Crippen LogP contribution in [0, 0.1) is 11.3 Å². The maximum Gasteiger partial charge on any atom is 0.337 e. The molecule has 5 rings (SSSR count). The van der Waals surface area contributed by atoms with E-state index in [1.54, 1.807) is 59.4 Å². The van der Waals surface area contributed by atoms with E-state index >= 15 is 0 Å². The number of fused-ring (bicyclic) bond motifs is 3. The number of hydrogen-bond acceptors (Lipinski definition) is 5. The van der Waals surface area contributed by atoms with Crippen molar-refractivity contribution in [3.63, 3.8) is 0 Å². The highest BCUT2D eigenvalue weighted by Gasteiger charge is 2.24. The molecule has 0 saturated heterocycles. The Balaban J connectivity index is 1.84. The monoisotopic (exact) mass is 443 g/mol. The molecule has 0 spiro atoms. The Labute approximate surface area is 188 Å². The summed E-state index contributed by atoms with van der Waals surface area (Å²) < 4.78 is 8.20. The van der Waals surface area contributed by atoms with Crippen molar-refractivity contribution in [2.24, 2.45) is 0 Å². The van der Waals surface area contributed by atoms with Crippen molar-refractivity contribution in [1.82, 2.24) is 9.13 Å². The zero-order chi connectivity index (χ0) is 22.2. The molecule has 7 heteroatoms. The third-order valence-corrected chi connectivity index (χ3v) is 7.33. The van der Waals surface area contributed by atoms with Gasteiger partial charge in [-0.05, 0) is 55.0 Å². The van der Waals surface area contributed by atoms with Crippen molar-refractivity contribution >= 4 is 21.6 Å². The topological polar surface area (TPSA) is 77.0 Å². The standard InChI is InChI=1S/C25H21N3O3S/c1-31-19-10-6-9-18(13-19)28-23(29)22-20-11-4-5-12-21(20)32-24(22)27(25(28)30)15-17-8-3-2-7-16(17)14-26/h2-3,6-10,13H,4-5,11-12,15H2,1H3. The third-order valence-electron chi connectivity index (χ3n) is 6.01. The van der Waals surface area contributed by atoms with E-state index in [0.29, 0.717) is 27.2 Å². The van der Waals surface area contributed by atoms with E-state index in [2.05, 4.69) is 6.07 Å². The molecule has 2 heterocycles. The molecule has 4 aromatic rings. The summed E-state index contributed by atoms with van der Waals surface area (Å²) in [6.07, 6.45) is 3.89. The minimum atomic E-state index is -0.415. The van der Waals surface area contributed by atoms with Crippen LogP contribution in [0.2, 0.25) is 0 Å². The van der Waals surface area contributed by atoms with E-state index in [0.717, 1.165) is 36.8 Å². The number of nitriles is 1. The molecule has 0 bridgehead atoms. The molecule has 160 valence electrons. The van der Waals surface area contributed by atoms with Crippen molar-refractivity contribution in [2.75, 3.05) is 7.11 Å². The highest BCUT2D eigenvalue weighted by molar-refractivity contribution is 7.18. The lowest BCUT2D eigenvalue weighted by Crippen LogP contribution is -2.39. The fraction of sp³-hybridized carbons (Fsp3) is 0.240. The van der Waals surface area contributed by atoms with Crippen LogP contribution in [0.1, 0.15) is 34.4 Å². The summed E-state index contributed by atoms with van der Waals surface area (Å²) in [6.45, 7) is 0.225. The highest BCUT2D eigenvalue weighted by Crippen LogP contribution is 2.34. The lowest BCUT2D eigenvalue weighted by molar-refractivity contribution is 0.414. The summed E-state index contributed by atoms with van der Waals surface area (Å²) in [4.78, 5) is 29.3. The van der Waals surface area contributed by atoms with Gasteiger partial charge in [-0.15, -0.1) is 11.3 Å². The number of methoxy groups -OCH3 is 1. The Bertz CT molecular complexity index is 1500. The number of thiophene rings is 1. The van der Waals surface area contributed by atoms with Crippen LogP contribution in [0.25, 0.3) is 15.9 Å².